The first kappa shape index (κ1) is 26.0. The minimum atomic E-state index is -4.50. The van der Waals surface area contributed by atoms with Crippen molar-refractivity contribution in [2.75, 3.05) is 13.2 Å². The first-order valence-corrected chi connectivity index (χ1v) is 11.2. The van der Waals surface area contributed by atoms with E-state index in [0.717, 1.165) is 17.7 Å². The van der Waals surface area contributed by atoms with E-state index in [-0.39, 0.29) is 36.9 Å². The summed E-state index contributed by atoms with van der Waals surface area (Å²) in [7, 11) is 0. The lowest BCUT2D eigenvalue weighted by atomic mass is 9.83. The van der Waals surface area contributed by atoms with Crippen molar-refractivity contribution in [3.05, 3.63) is 82.6 Å². The molecule has 35 heavy (non-hydrogen) atoms. The summed E-state index contributed by atoms with van der Waals surface area (Å²) in [6, 6.07) is 13.4. The third-order valence-electron chi connectivity index (χ3n) is 5.94. The number of alkyl halides is 3. The van der Waals surface area contributed by atoms with Gasteiger partial charge in [-0.1, -0.05) is 42.5 Å². The van der Waals surface area contributed by atoms with Gasteiger partial charge in [0.05, 0.1) is 23.8 Å². The fraction of sp³-hybridized carbons (Fsp3) is 0.346. The van der Waals surface area contributed by atoms with Gasteiger partial charge in [-0.3, -0.25) is 9.59 Å². The molecule has 186 valence electrons. The molecule has 1 aliphatic rings. The number of rotatable bonds is 7. The molecule has 6 nitrogen and oxygen atoms in total. The first-order valence-electron chi connectivity index (χ1n) is 11.2. The van der Waals surface area contributed by atoms with Gasteiger partial charge in [0.25, 0.3) is 0 Å². The van der Waals surface area contributed by atoms with Gasteiger partial charge < -0.3 is 15.0 Å². The molecule has 2 aromatic carbocycles. The molecule has 2 amide bonds. The molecule has 1 N–H and O–H groups in total. The number of carbonyl (C=O) groups is 3. The molecule has 0 bridgehead atoms. The summed E-state index contributed by atoms with van der Waals surface area (Å²) >= 11 is 0. The Bertz CT molecular complexity index is 1110. The second-order valence-corrected chi connectivity index (χ2v) is 8.28. The molecular formula is C26H27F3N2O4. The van der Waals surface area contributed by atoms with E-state index in [1.165, 1.54) is 24.0 Å². The monoisotopic (exact) mass is 488 g/mol. The molecule has 2 unspecified atom stereocenters. The highest BCUT2D eigenvalue weighted by molar-refractivity contribution is 5.97. The number of halogens is 3. The minimum Gasteiger partial charge on any atom is -0.463 e. The smallest absolute Gasteiger partial charge is 0.416 e. The second-order valence-electron chi connectivity index (χ2n) is 8.28. The Morgan fingerprint density at radius 3 is 2.31 bits per heavy atom. The summed E-state index contributed by atoms with van der Waals surface area (Å²) in [6.45, 7) is 4.76. The van der Waals surface area contributed by atoms with Crippen LogP contribution in [0.2, 0.25) is 0 Å². The highest BCUT2D eigenvalue weighted by atomic mass is 19.4. The lowest BCUT2D eigenvalue weighted by Gasteiger charge is -2.34. The molecule has 0 spiro atoms. The summed E-state index contributed by atoms with van der Waals surface area (Å²) < 4.78 is 44.1. The Morgan fingerprint density at radius 2 is 1.74 bits per heavy atom. The molecule has 1 heterocycles. The van der Waals surface area contributed by atoms with Crippen molar-refractivity contribution in [2.24, 2.45) is 0 Å². The van der Waals surface area contributed by atoms with E-state index in [4.69, 9.17) is 4.74 Å². The van der Waals surface area contributed by atoms with E-state index in [2.05, 4.69) is 5.32 Å². The number of benzene rings is 2. The molecule has 2 atom stereocenters. The second kappa shape index (κ2) is 10.8. The van der Waals surface area contributed by atoms with Gasteiger partial charge in [-0.05, 0) is 44.0 Å². The van der Waals surface area contributed by atoms with Crippen LogP contribution in [0.25, 0.3) is 0 Å². The minimum absolute atomic E-state index is 0.0817. The zero-order chi connectivity index (χ0) is 25.8. The van der Waals surface area contributed by atoms with Gasteiger partial charge in [0.1, 0.15) is 6.54 Å². The summed E-state index contributed by atoms with van der Waals surface area (Å²) in [5, 5.41) is 2.84. The Hall–Kier alpha value is -3.62. The van der Waals surface area contributed by atoms with E-state index in [1.807, 2.05) is 37.3 Å². The molecule has 0 aromatic heterocycles. The topological polar surface area (TPSA) is 75.7 Å². The Kier molecular flexibility index (Phi) is 7.99. The third-order valence-corrected chi connectivity index (χ3v) is 5.94. The Morgan fingerprint density at radius 1 is 1.11 bits per heavy atom. The van der Waals surface area contributed by atoms with E-state index in [9.17, 15) is 27.6 Å². The van der Waals surface area contributed by atoms with Crippen molar-refractivity contribution in [3.8, 4) is 0 Å². The van der Waals surface area contributed by atoms with Gasteiger partial charge in [0, 0.05) is 18.0 Å². The highest BCUT2D eigenvalue weighted by Crippen LogP contribution is 2.38. The normalized spacial score (nSPS) is 17.3. The van der Waals surface area contributed by atoms with Crippen LogP contribution in [0.4, 0.5) is 13.2 Å². The maximum Gasteiger partial charge on any atom is 0.416 e. The number of carbonyl (C=O) groups excluding carboxylic acids is 3. The molecule has 0 saturated heterocycles. The van der Waals surface area contributed by atoms with Crippen LogP contribution in [0.3, 0.4) is 0 Å². The van der Waals surface area contributed by atoms with Gasteiger partial charge >= 0.3 is 12.1 Å². The van der Waals surface area contributed by atoms with Gasteiger partial charge in [0.15, 0.2) is 0 Å². The van der Waals surface area contributed by atoms with Crippen molar-refractivity contribution >= 4 is 17.8 Å². The zero-order valence-corrected chi connectivity index (χ0v) is 19.7. The van der Waals surface area contributed by atoms with Crippen molar-refractivity contribution < 1.29 is 32.3 Å². The molecule has 1 aliphatic heterocycles. The van der Waals surface area contributed by atoms with Gasteiger partial charge in [-0.15, -0.1) is 0 Å². The average molecular weight is 489 g/mol. The third kappa shape index (κ3) is 6.09. The summed E-state index contributed by atoms with van der Waals surface area (Å²) in [5.74, 6) is -2.29. The van der Waals surface area contributed by atoms with E-state index in [0.29, 0.717) is 5.56 Å². The fourth-order valence-corrected chi connectivity index (χ4v) is 4.12. The molecule has 0 aliphatic carbocycles. The molecule has 9 heteroatoms. The molecule has 0 fully saturated rings. The molecule has 0 radical (unpaired) electrons. The van der Waals surface area contributed by atoms with Crippen LogP contribution in [0.15, 0.2) is 65.9 Å². The summed E-state index contributed by atoms with van der Waals surface area (Å²) in [5.41, 5.74) is 0.845. The van der Waals surface area contributed by atoms with E-state index in [1.54, 1.807) is 6.92 Å². The van der Waals surface area contributed by atoms with Crippen LogP contribution < -0.4 is 5.32 Å². The average Bonchev–Trinajstić information content (AvgIpc) is 2.81. The number of hydrogen-bond acceptors (Lipinski definition) is 4. The van der Waals surface area contributed by atoms with Gasteiger partial charge in [-0.2, -0.15) is 13.2 Å². The SMILES string of the molecule is CCOC(=O)C1=C(C)N(CC(=O)NC(C)c2ccccc2)C(=O)CC1c1ccc(C(F)(F)F)cc1. The largest absolute Gasteiger partial charge is 0.463 e. The van der Waals surface area contributed by atoms with Crippen LogP contribution >= 0.6 is 0 Å². The number of hydrogen-bond donors (Lipinski definition) is 1. The highest BCUT2D eigenvalue weighted by Gasteiger charge is 2.38. The van der Waals surface area contributed by atoms with Crippen LogP contribution in [-0.4, -0.2) is 35.8 Å². The van der Waals surface area contributed by atoms with E-state index < -0.39 is 35.4 Å². The van der Waals surface area contributed by atoms with Crippen molar-refractivity contribution in [1.82, 2.24) is 10.2 Å². The number of nitrogens with zero attached hydrogens (tertiary/aromatic N) is 1. The summed E-state index contributed by atoms with van der Waals surface area (Å²) in [6.07, 6.45) is -4.68. The lowest BCUT2D eigenvalue weighted by molar-refractivity contribution is -0.141. The van der Waals surface area contributed by atoms with Crippen molar-refractivity contribution in [3.63, 3.8) is 0 Å². The molecule has 3 rings (SSSR count). The Balaban J connectivity index is 1.87. The van der Waals surface area contributed by atoms with Gasteiger partial charge in [-0.25, -0.2) is 4.79 Å². The predicted molar refractivity (Wildman–Crippen MR) is 123 cm³/mol. The lowest BCUT2D eigenvalue weighted by Crippen LogP contribution is -2.44. The predicted octanol–water partition coefficient (Wildman–Crippen LogP) is 4.74. The number of ether oxygens (including phenoxy) is 1. The fourth-order valence-electron chi connectivity index (χ4n) is 4.12. The molecular weight excluding hydrogens is 461 g/mol. The number of amides is 2. The van der Waals surface area contributed by atoms with Gasteiger partial charge in [0.2, 0.25) is 11.8 Å². The standard InChI is InChI=1S/C26H27F3N2O4/c1-4-35-25(34)24-17(3)31(15-22(32)30-16(2)18-8-6-5-7-9-18)23(33)14-21(24)19-10-12-20(13-11-19)26(27,28)29/h5-13,16,21H,4,14-15H2,1-3H3,(H,30,32). The number of nitrogens with one attached hydrogen (secondary N) is 1. The zero-order valence-electron chi connectivity index (χ0n) is 19.7. The maximum absolute atomic E-state index is 13.0. The van der Waals surface area contributed by atoms with Crippen molar-refractivity contribution in [2.45, 2.75) is 45.3 Å². The maximum atomic E-state index is 13.0. The number of esters is 1. The van der Waals surface area contributed by atoms with Crippen LogP contribution in [0.1, 0.15) is 55.8 Å². The molecule has 2 aromatic rings. The van der Waals surface area contributed by atoms with Crippen LogP contribution in [0, 0.1) is 0 Å². The first-order chi connectivity index (χ1) is 16.5. The summed E-state index contributed by atoms with van der Waals surface area (Å²) in [4.78, 5) is 39.8. The van der Waals surface area contributed by atoms with Crippen molar-refractivity contribution in [1.29, 1.82) is 0 Å². The number of allylic oxidation sites excluding steroid dienone is 1. The molecule has 0 saturated carbocycles. The quantitative estimate of drug-likeness (QED) is 0.572. The Labute approximate surface area is 201 Å². The van der Waals surface area contributed by atoms with Crippen LogP contribution in [0.5, 0.6) is 0 Å². The van der Waals surface area contributed by atoms with Crippen LogP contribution in [-0.2, 0) is 25.3 Å². The van der Waals surface area contributed by atoms with E-state index >= 15 is 0 Å².